The predicted molar refractivity (Wildman–Crippen MR) is 96.7 cm³/mol. The van der Waals surface area contributed by atoms with Crippen LogP contribution < -0.4 is 4.74 Å². The minimum Gasteiger partial charge on any atom is -0.496 e. The molecule has 1 aromatic heterocycles. The Labute approximate surface area is 156 Å². The molecule has 2 N–H and O–H groups in total. The van der Waals surface area contributed by atoms with Crippen molar-refractivity contribution in [1.29, 1.82) is 0 Å². The average Bonchev–Trinajstić information content (AvgIpc) is 2.59. The molecule has 0 radical (unpaired) electrons. The molecule has 2 heterocycles. The fourth-order valence-corrected chi connectivity index (χ4v) is 3.32. The topological polar surface area (TPSA) is 93.9 Å². The van der Waals surface area contributed by atoms with Crippen LogP contribution in [0.15, 0.2) is 41.4 Å². The van der Waals surface area contributed by atoms with Gasteiger partial charge in [-0.05, 0) is 50.2 Å². The molecule has 26 heavy (non-hydrogen) atoms. The molecule has 1 fully saturated rings. The standard InChI is InChI=1S/C18H20N2O5S/c1-17(2)18(3,22)16(24-14-8-7-13(21)19-20-14)15-10(9-26)11(23-4)5-6-12(15)25-17/h5-8,15-16,22H,1-4H3,(H,19,21). The zero-order valence-corrected chi connectivity index (χ0v) is 15.7. The molecule has 1 aliphatic carbocycles. The first-order valence-corrected chi connectivity index (χ1v) is 8.44. The van der Waals surface area contributed by atoms with E-state index in [-0.39, 0.29) is 11.8 Å². The summed E-state index contributed by atoms with van der Waals surface area (Å²) >= 11 is 5.06. The maximum absolute atomic E-state index is 11.3. The van der Waals surface area contributed by atoms with E-state index in [9.17, 15) is 10.2 Å². The Kier molecular flexibility index (Phi) is 4.52. The summed E-state index contributed by atoms with van der Waals surface area (Å²) in [6, 6.07) is 2.83. The Morgan fingerprint density at radius 2 is 1.96 bits per heavy atom. The van der Waals surface area contributed by atoms with Crippen LogP contribution in [0.25, 0.3) is 0 Å². The first-order valence-electron chi connectivity index (χ1n) is 8.03. The molecule has 2 aliphatic rings. The number of nitrogens with zero attached hydrogens (tertiary/aromatic N) is 2. The lowest BCUT2D eigenvalue weighted by Gasteiger charge is -2.53. The first-order chi connectivity index (χ1) is 12.2. The Morgan fingerprint density at radius 3 is 2.54 bits per heavy atom. The molecule has 0 bridgehead atoms. The molecule has 3 atom stereocenters. The van der Waals surface area contributed by atoms with E-state index in [4.69, 9.17) is 26.4 Å². The lowest BCUT2D eigenvalue weighted by Crippen LogP contribution is -2.66. The van der Waals surface area contributed by atoms with Crippen molar-refractivity contribution in [2.45, 2.75) is 38.1 Å². The van der Waals surface area contributed by atoms with Gasteiger partial charge in [-0.1, -0.05) is 0 Å². The van der Waals surface area contributed by atoms with Gasteiger partial charge >= 0.3 is 0 Å². The quantitative estimate of drug-likeness (QED) is 0.775. The van der Waals surface area contributed by atoms with E-state index in [1.165, 1.54) is 19.2 Å². The third-order valence-electron chi connectivity index (χ3n) is 4.93. The van der Waals surface area contributed by atoms with Gasteiger partial charge < -0.3 is 24.4 Å². The number of thiocarbonyl (C=S) groups is 1. The Hall–Kier alpha value is -2.41. The third kappa shape index (κ3) is 2.86. The molecule has 7 nitrogen and oxygen atoms in total. The molecule has 1 aliphatic heterocycles. The zero-order chi connectivity index (χ0) is 19.1. The van der Waals surface area contributed by atoms with Crippen LogP contribution in [0, 0.1) is 5.92 Å². The molecule has 0 saturated carbocycles. The smallest absolute Gasteiger partial charge is 0.234 e. The number of aliphatic hydroxyl groups is 1. The number of hydrogen-bond acceptors (Lipinski definition) is 8. The Bertz CT molecular complexity index is 822. The maximum Gasteiger partial charge on any atom is 0.234 e. The van der Waals surface area contributed by atoms with Crippen LogP contribution >= 0.6 is 12.2 Å². The maximum atomic E-state index is 11.3. The van der Waals surface area contributed by atoms with Crippen molar-refractivity contribution < 1.29 is 24.4 Å². The molecule has 0 spiro atoms. The van der Waals surface area contributed by atoms with Crippen LogP contribution in [0.3, 0.4) is 0 Å². The van der Waals surface area contributed by atoms with E-state index in [2.05, 4.69) is 15.2 Å². The van der Waals surface area contributed by atoms with Crippen molar-refractivity contribution in [2.75, 3.05) is 7.11 Å². The van der Waals surface area contributed by atoms with Crippen LogP contribution in [0.5, 0.6) is 11.8 Å². The van der Waals surface area contributed by atoms with Crippen molar-refractivity contribution in [2.24, 2.45) is 5.92 Å². The largest absolute Gasteiger partial charge is 0.496 e. The number of aromatic nitrogens is 2. The van der Waals surface area contributed by atoms with Gasteiger partial charge in [0.15, 0.2) is 0 Å². The third-order valence-corrected chi connectivity index (χ3v) is 5.15. The predicted octanol–water partition coefficient (Wildman–Crippen LogP) is 2.06. The van der Waals surface area contributed by atoms with Gasteiger partial charge in [-0.25, -0.2) is 0 Å². The molecule has 8 heteroatoms. The van der Waals surface area contributed by atoms with Gasteiger partial charge in [0, 0.05) is 12.1 Å². The van der Waals surface area contributed by atoms with Crippen molar-refractivity contribution in [3.05, 3.63) is 41.4 Å². The molecule has 1 saturated heterocycles. The van der Waals surface area contributed by atoms with E-state index in [1.807, 2.05) is 0 Å². The number of hydrogen-bond donors (Lipinski definition) is 2. The van der Waals surface area contributed by atoms with E-state index < -0.39 is 23.2 Å². The fourth-order valence-electron chi connectivity index (χ4n) is 3.09. The second-order valence-corrected chi connectivity index (χ2v) is 7.03. The SMILES string of the molecule is COC1=CC=C2OC(C)(C)C(C)(O)C(Oc3ccc(O)nn3)C2C1=C=S. The second-order valence-electron chi connectivity index (χ2n) is 6.83. The molecule has 0 aromatic carbocycles. The van der Waals surface area contributed by atoms with Gasteiger partial charge in [0.2, 0.25) is 11.8 Å². The highest BCUT2D eigenvalue weighted by Gasteiger charge is 2.59. The zero-order valence-electron chi connectivity index (χ0n) is 14.9. The van der Waals surface area contributed by atoms with E-state index >= 15 is 0 Å². The van der Waals surface area contributed by atoms with Crippen LogP contribution in [-0.2, 0) is 9.47 Å². The number of methoxy groups -OCH3 is 1. The van der Waals surface area contributed by atoms with Crippen LogP contribution in [0.2, 0.25) is 0 Å². The average molecular weight is 376 g/mol. The molecular weight excluding hydrogens is 356 g/mol. The number of ether oxygens (including phenoxy) is 3. The summed E-state index contributed by atoms with van der Waals surface area (Å²) in [4.78, 5) is 0. The van der Waals surface area contributed by atoms with Crippen LogP contribution in [0.4, 0.5) is 0 Å². The summed E-state index contributed by atoms with van der Waals surface area (Å²) in [7, 11) is 1.53. The van der Waals surface area contributed by atoms with Gasteiger partial charge in [0.1, 0.15) is 28.8 Å². The molecule has 3 rings (SSSR count). The Balaban J connectivity index is 2.10. The van der Waals surface area contributed by atoms with Crippen molar-refractivity contribution in [1.82, 2.24) is 10.2 Å². The van der Waals surface area contributed by atoms with Gasteiger partial charge in [0.25, 0.3) is 0 Å². The van der Waals surface area contributed by atoms with Gasteiger partial charge in [0.05, 0.1) is 18.6 Å². The Morgan fingerprint density at radius 1 is 1.23 bits per heavy atom. The normalized spacial score (nSPS) is 29.5. The number of rotatable bonds is 3. The van der Waals surface area contributed by atoms with Crippen LogP contribution in [-0.4, -0.2) is 49.8 Å². The summed E-state index contributed by atoms with van der Waals surface area (Å²) in [5.41, 5.74) is -1.81. The van der Waals surface area contributed by atoms with E-state index in [0.717, 1.165) is 0 Å². The summed E-state index contributed by atoms with van der Waals surface area (Å²) in [5, 5.41) is 30.7. The van der Waals surface area contributed by atoms with Gasteiger partial charge in [-0.2, -0.15) is 0 Å². The summed E-state index contributed by atoms with van der Waals surface area (Å²) in [6.45, 7) is 5.19. The number of allylic oxidation sites excluding steroid dienone is 3. The highest BCUT2D eigenvalue weighted by Crippen LogP contribution is 2.48. The van der Waals surface area contributed by atoms with E-state index in [0.29, 0.717) is 17.1 Å². The molecular formula is C18H20N2O5S. The monoisotopic (exact) mass is 376 g/mol. The van der Waals surface area contributed by atoms with Crippen molar-refractivity contribution in [3.8, 4) is 11.8 Å². The number of aromatic hydroxyl groups is 1. The van der Waals surface area contributed by atoms with Gasteiger partial charge in [-0.3, -0.25) is 0 Å². The molecule has 0 amide bonds. The van der Waals surface area contributed by atoms with Gasteiger partial charge in [-0.15, -0.1) is 10.2 Å². The second kappa shape index (κ2) is 6.39. The fraction of sp³-hybridized carbons (Fsp3) is 0.444. The summed E-state index contributed by atoms with van der Waals surface area (Å²) in [5.74, 6) is 0.511. The van der Waals surface area contributed by atoms with E-state index in [1.54, 1.807) is 32.9 Å². The number of fused-ring (bicyclic) bond motifs is 1. The lowest BCUT2D eigenvalue weighted by molar-refractivity contribution is -0.221. The minimum atomic E-state index is -1.41. The van der Waals surface area contributed by atoms with Crippen LogP contribution in [0.1, 0.15) is 20.8 Å². The lowest BCUT2D eigenvalue weighted by atomic mass is 9.70. The highest BCUT2D eigenvalue weighted by molar-refractivity contribution is 7.78. The molecule has 138 valence electrons. The summed E-state index contributed by atoms with van der Waals surface area (Å²) in [6.07, 6.45) is 2.71. The van der Waals surface area contributed by atoms with Crippen molar-refractivity contribution in [3.63, 3.8) is 0 Å². The minimum absolute atomic E-state index is 0.155. The molecule has 1 aromatic rings. The molecule has 3 unspecified atom stereocenters. The highest BCUT2D eigenvalue weighted by atomic mass is 32.1. The summed E-state index contributed by atoms with van der Waals surface area (Å²) < 4.78 is 17.4. The first kappa shape index (κ1) is 18.4. The van der Waals surface area contributed by atoms with Crippen molar-refractivity contribution >= 4 is 17.2 Å².